The number of thiol groups is 1. The summed E-state index contributed by atoms with van der Waals surface area (Å²) < 4.78 is 9.41. The maximum Gasteiger partial charge on any atom is 0.145 e. The van der Waals surface area contributed by atoms with Gasteiger partial charge < -0.3 is 4.74 Å². The smallest absolute Gasteiger partial charge is 0.145 e. The number of hydrogen-bond donors (Lipinski definition) is 1. The molecule has 5 heteroatoms. The highest BCUT2D eigenvalue weighted by Crippen LogP contribution is 2.29. The van der Waals surface area contributed by atoms with E-state index in [4.69, 9.17) is 4.74 Å². The van der Waals surface area contributed by atoms with Crippen LogP contribution in [0.4, 0.5) is 0 Å². The first kappa shape index (κ1) is 14.6. The van der Waals surface area contributed by atoms with Crippen LogP contribution >= 0.6 is 80.4 Å². The Morgan fingerprint density at radius 3 is 2.20 bits per heavy atom. The predicted molar refractivity (Wildman–Crippen MR) is 93.2 cm³/mol. The van der Waals surface area contributed by atoms with E-state index in [-0.39, 0.29) is 0 Å². The van der Waals surface area contributed by atoms with E-state index < -0.39 is 0 Å². The van der Waals surface area contributed by atoms with Gasteiger partial charge in [-0.3, -0.25) is 0 Å². The molecule has 1 nitrogen and oxygen atoms in total. The Bertz CT molecular complexity index is 307. The maximum absolute atomic E-state index is 5.77. The topological polar surface area (TPSA) is 9.23 Å². The highest BCUT2D eigenvalue weighted by atomic mass is 127. The summed E-state index contributed by atoms with van der Waals surface area (Å²) in [6.07, 6.45) is 2.18. The number of hydrogen-bond acceptors (Lipinski definition) is 2. The Kier molecular flexibility index (Phi) is 7.61. The summed E-state index contributed by atoms with van der Waals surface area (Å²) >= 11 is 11.1. The Morgan fingerprint density at radius 2 is 1.67 bits per heavy atom. The van der Waals surface area contributed by atoms with Crippen LogP contribution in [0.1, 0.15) is 12.8 Å². The van der Waals surface area contributed by atoms with Crippen molar-refractivity contribution in [1.82, 2.24) is 0 Å². The fourth-order valence-electron chi connectivity index (χ4n) is 1.05. The molecule has 0 saturated heterocycles. The van der Waals surface area contributed by atoms with Gasteiger partial charge in [0.05, 0.1) is 13.7 Å². The molecule has 0 spiro atoms. The first-order chi connectivity index (χ1) is 7.15. The number of halogens is 3. The number of benzene rings is 1. The molecular formula is C10H11I3OS. The van der Waals surface area contributed by atoms with Crippen molar-refractivity contribution in [2.75, 3.05) is 12.4 Å². The molecule has 0 unspecified atom stereocenters. The molecule has 0 aliphatic rings. The van der Waals surface area contributed by atoms with Crippen molar-refractivity contribution in [3.8, 4) is 5.75 Å². The summed E-state index contributed by atoms with van der Waals surface area (Å²) in [6.45, 7) is 0.785. The third-order valence-corrected chi connectivity index (χ3v) is 4.30. The summed E-state index contributed by atoms with van der Waals surface area (Å²) in [5.74, 6) is 1.96. The SMILES string of the molecule is SCCCCOc1c(I)cc(I)cc1I. The van der Waals surface area contributed by atoms with Gasteiger partial charge >= 0.3 is 0 Å². The van der Waals surface area contributed by atoms with Gasteiger partial charge in [0.2, 0.25) is 0 Å². The minimum absolute atomic E-state index is 0.785. The van der Waals surface area contributed by atoms with Crippen molar-refractivity contribution in [3.05, 3.63) is 22.8 Å². The van der Waals surface area contributed by atoms with E-state index in [1.807, 2.05) is 0 Å². The van der Waals surface area contributed by atoms with Crippen LogP contribution in [0.3, 0.4) is 0 Å². The lowest BCUT2D eigenvalue weighted by Gasteiger charge is -2.10. The van der Waals surface area contributed by atoms with Crippen molar-refractivity contribution < 1.29 is 4.74 Å². The van der Waals surface area contributed by atoms with Crippen molar-refractivity contribution in [2.24, 2.45) is 0 Å². The number of rotatable bonds is 5. The van der Waals surface area contributed by atoms with Crippen LogP contribution in [0.5, 0.6) is 5.75 Å². The highest BCUT2D eigenvalue weighted by Gasteiger charge is 2.07. The second-order valence-corrected chi connectivity index (χ2v) is 6.99. The monoisotopic (exact) mass is 560 g/mol. The first-order valence-corrected chi connectivity index (χ1v) is 8.40. The summed E-state index contributed by atoms with van der Waals surface area (Å²) in [5.41, 5.74) is 0. The van der Waals surface area contributed by atoms with Crippen LogP contribution < -0.4 is 4.74 Å². The number of unbranched alkanes of at least 4 members (excludes halogenated alkanes) is 1. The zero-order valence-electron chi connectivity index (χ0n) is 7.97. The molecule has 0 radical (unpaired) electrons. The Labute approximate surface area is 137 Å². The van der Waals surface area contributed by atoms with E-state index >= 15 is 0 Å². The van der Waals surface area contributed by atoms with Crippen molar-refractivity contribution >= 4 is 80.4 Å². The molecule has 0 fully saturated rings. The van der Waals surface area contributed by atoms with Crippen LogP contribution in [0.2, 0.25) is 0 Å². The Hall–Kier alpha value is 1.56. The van der Waals surface area contributed by atoms with Crippen molar-refractivity contribution in [1.29, 1.82) is 0 Å². The fraction of sp³-hybridized carbons (Fsp3) is 0.400. The zero-order chi connectivity index (χ0) is 11.3. The zero-order valence-corrected chi connectivity index (χ0v) is 15.3. The maximum atomic E-state index is 5.77. The average Bonchev–Trinajstić information content (AvgIpc) is 2.15. The summed E-state index contributed by atoms with van der Waals surface area (Å²) in [5, 5.41) is 0. The van der Waals surface area contributed by atoms with Gasteiger partial charge in [-0.1, -0.05) is 0 Å². The third kappa shape index (κ3) is 5.15. The molecule has 0 amide bonds. The van der Waals surface area contributed by atoms with Crippen molar-refractivity contribution in [3.63, 3.8) is 0 Å². The fourth-order valence-corrected chi connectivity index (χ4v) is 5.17. The molecule has 1 aromatic rings. The van der Waals surface area contributed by atoms with E-state index in [0.29, 0.717) is 0 Å². The molecule has 0 N–H and O–H groups in total. The molecule has 15 heavy (non-hydrogen) atoms. The Balaban J connectivity index is 2.60. The Morgan fingerprint density at radius 1 is 1.07 bits per heavy atom. The normalized spacial score (nSPS) is 10.4. The van der Waals surface area contributed by atoms with E-state index in [9.17, 15) is 0 Å². The molecular weight excluding hydrogens is 549 g/mol. The lowest BCUT2D eigenvalue weighted by atomic mass is 10.3. The third-order valence-electron chi connectivity index (χ3n) is 1.76. The second-order valence-electron chi connectivity index (χ2n) is 2.98. The lowest BCUT2D eigenvalue weighted by molar-refractivity contribution is 0.305. The molecule has 0 saturated carbocycles. The molecule has 0 aromatic heterocycles. The molecule has 0 aliphatic carbocycles. The summed E-state index contributed by atoms with van der Waals surface area (Å²) in [7, 11) is 0. The van der Waals surface area contributed by atoms with Crippen LogP contribution in [-0.4, -0.2) is 12.4 Å². The molecule has 0 heterocycles. The molecule has 0 aliphatic heterocycles. The van der Waals surface area contributed by atoms with Gasteiger partial charge in [0.15, 0.2) is 0 Å². The van der Waals surface area contributed by atoms with Crippen LogP contribution in [0.25, 0.3) is 0 Å². The van der Waals surface area contributed by atoms with E-state index in [0.717, 1.165) is 31.0 Å². The van der Waals surface area contributed by atoms with Gasteiger partial charge in [0, 0.05) is 3.57 Å². The predicted octanol–water partition coefficient (Wildman–Crippen LogP) is 4.59. The minimum atomic E-state index is 0.785. The summed E-state index contributed by atoms with van der Waals surface area (Å²) in [4.78, 5) is 0. The second kappa shape index (κ2) is 7.80. The van der Waals surface area contributed by atoms with Gasteiger partial charge in [-0.2, -0.15) is 12.6 Å². The highest BCUT2D eigenvalue weighted by molar-refractivity contribution is 14.1. The number of ether oxygens (including phenoxy) is 1. The molecule has 1 aromatic carbocycles. The van der Waals surface area contributed by atoms with E-state index in [1.54, 1.807) is 0 Å². The van der Waals surface area contributed by atoms with Crippen LogP contribution in [0, 0.1) is 10.7 Å². The lowest BCUT2D eigenvalue weighted by Crippen LogP contribution is -2.01. The molecule has 0 atom stereocenters. The van der Waals surface area contributed by atoms with Gasteiger partial charge in [-0.15, -0.1) is 0 Å². The average molecular weight is 560 g/mol. The molecule has 84 valence electrons. The molecule has 0 bridgehead atoms. The standard InChI is InChI=1S/C10H11I3OS/c11-7-5-8(12)10(9(13)6-7)14-3-1-2-4-15/h5-6,15H,1-4H2. The van der Waals surface area contributed by atoms with E-state index in [2.05, 4.69) is 92.5 Å². The first-order valence-electron chi connectivity index (χ1n) is 4.53. The quantitative estimate of drug-likeness (QED) is 0.316. The van der Waals surface area contributed by atoms with E-state index in [1.165, 1.54) is 10.7 Å². The largest absolute Gasteiger partial charge is 0.491 e. The summed E-state index contributed by atoms with van der Waals surface area (Å²) in [6, 6.07) is 4.27. The van der Waals surface area contributed by atoms with Crippen molar-refractivity contribution in [2.45, 2.75) is 12.8 Å². The van der Waals surface area contributed by atoms with Gasteiger partial charge in [-0.05, 0) is 98.5 Å². The van der Waals surface area contributed by atoms with Crippen LogP contribution in [-0.2, 0) is 0 Å². The van der Waals surface area contributed by atoms with Gasteiger partial charge in [-0.25, -0.2) is 0 Å². The minimum Gasteiger partial charge on any atom is -0.491 e. The van der Waals surface area contributed by atoms with Crippen LogP contribution in [0.15, 0.2) is 12.1 Å². The van der Waals surface area contributed by atoms with Gasteiger partial charge in [0.25, 0.3) is 0 Å². The molecule has 1 rings (SSSR count). The van der Waals surface area contributed by atoms with Gasteiger partial charge in [0.1, 0.15) is 5.75 Å².